The maximum Gasteiger partial charge on any atom is 0.330 e. The summed E-state index contributed by atoms with van der Waals surface area (Å²) in [5.74, 6) is -1.23. The second kappa shape index (κ2) is 14.7. The van der Waals surface area contributed by atoms with Gasteiger partial charge in [-0.2, -0.15) is 8.42 Å². The molecule has 0 unspecified atom stereocenters. The van der Waals surface area contributed by atoms with Crippen molar-refractivity contribution in [1.82, 2.24) is 0 Å². The Labute approximate surface area is 153 Å². The molecule has 0 aliphatic carbocycles. The fourth-order valence-electron chi connectivity index (χ4n) is 1.25. The topological polar surface area (TPSA) is 96.0 Å². The summed E-state index contributed by atoms with van der Waals surface area (Å²) in [6, 6.07) is 0. The second-order valence-electron chi connectivity index (χ2n) is 4.13. The van der Waals surface area contributed by atoms with Crippen LogP contribution in [0.2, 0.25) is 0 Å². The summed E-state index contributed by atoms with van der Waals surface area (Å²) < 4.78 is 37.3. The van der Waals surface area contributed by atoms with Crippen molar-refractivity contribution in [1.29, 1.82) is 0 Å². The van der Waals surface area contributed by atoms with Gasteiger partial charge < -0.3 is 9.47 Å². The van der Waals surface area contributed by atoms with Gasteiger partial charge in [0, 0.05) is 18.6 Å². The zero-order chi connectivity index (χ0) is 16.8. The minimum atomic E-state index is -3.67. The molecule has 0 bridgehead atoms. The molecule has 0 amide bonds. The number of carbonyl (C=O) groups excluding carboxylic acids is 2. The van der Waals surface area contributed by atoms with Crippen LogP contribution in [-0.4, -0.2) is 69.0 Å². The number of carbonyl (C=O) groups is 2. The van der Waals surface area contributed by atoms with E-state index in [9.17, 15) is 18.0 Å². The lowest BCUT2D eigenvalue weighted by Gasteiger charge is -2.06. The predicted molar refractivity (Wildman–Crippen MR) is 89.1 cm³/mol. The predicted octanol–water partition coefficient (Wildman–Crippen LogP) is 0.435. The maximum atomic E-state index is 11.5. The average Bonchev–Trinajstić information content (AvgIpc) is 2.44. The van der Waals surface area contributed by atoms with E-state index in [1.165, 1.54) is 18.2 Å². The Morgan fingerprint density at radius 1 is 0.870 bits per heavy atom. The first kappa shape index (κ1) is 24.3. The van der Waals surface area contributed by atoms with Crippen molar-refractivity contribution in [3.8, 4) is 0 Å². The van der Waals surface area contributed by atoms with Gasteiger partial charge in [0.1, 0.15) is 0 Å². The minimum Gasteiger partial charge on any atom is -0.463 e. The van der Waals surface area contributed by atoms with Crippen LogP contribution >= 0.6 is 0 Å². The number of esters is 2. The van der Waals surface area contributed by atoms with Crippen LogP contribution in [0.3, 0.4) is 0 Å². The number of hydrogen-bond acceptors (Lipinski definition) is 7. The molecule has 0 saturated heterocycles. The van der Waals surface area contributed by atoms with E-state index in [2.05, 4.69) is 0 Å². The lowest BCUT2D eigenvalue weighted by Crippen LogP contribution is -2.15. The van der Waals surface area contributed by atoms with Gasteiger partial charge in [-0.25, -0.2) is 9.59 Å². The smallest absolute Gasteiger partial charge is 0.330 e. The zero-order valence-electron chi connectivity index (χ0n) is 12.8. The highest BCUT2D eigenvalue weighted by molar-refractivity contribution is 7.86. The number of hydrogen-bond donors (Lipinski definition) is 0. The Morgan fingerprint density at radius 3 is 1.83 bits per heavy atom. The molecule has 0 aromatic heterocycles. The number of allylic oxidation sites excluding steroid dienone is 2. The molecule has 0 heterocycles. The van der Waals surface area contributed by atoms with Gasteiger partial charge in [0.25, 0.3) is 10.1 Å². The first-order valence-electron chi connectivity index (χ1n) is 6.87. The van der Waals surface area contributed by atoms with E-state index in [1.807, 2.05) is 0 Å². The standard InChI is InChI=1S/C14H22O7S.Mg.2H/c1-3-7-13(15)19-9-5-11-21-22(17,18)12-6-10-20-14(16)8-4-2;;;/h3-4,7-8H,5-6,9-12H2,1-2H3;;;. The summed E-state index contributed by atoms with van der Waals surface area (Å²) in [5.41, 5.74) is 0. The van der Waals surface area contributed by atoms with Gasteiger partial charge in [0.05, 0.1) is 25.6 Å². The Kier molecular flexibility index (Phi) is 15.5. The summed E-state index contributed by atoms with van der Waals surface area (Å²) in [6.45, 7) is 3.39. The van der Waals surface area contributed by atoms with E-state index in [4.69, 9.17) is 13.7 Å². The number of ether oxygens (including phenoxy) is 2. The van der Waals surface area contributed by atoms with Crippen LogP contribution in [0.25, 0.3) is 0 Å². The highest BCUT2D eigenvalue weighted by Crippen LogP contribution is 1.99. The van der Waals surface area contributed by atoms with Crippen LogP contribution in [0.4, 0.5) is 0 Å². The van der Waals surface area contributed by atoms with Crippen molar-refractivity contribution < 1.29 is 31.7 Å². The van der Waals surface area contributed by atoms with E-state index in [1.54, 1.807) is 19.9 Å². The third kappa shape index (κ3) is 15.8. The monoisotopic (exact) mass is 360 g/mol. The van der Waals surface area contributed by atoms with E-state index in [0.717, 1.165) is 0 Å². The Balaban J connectivity index is 0. The van der Waals surface area contributed by atoms with Crippen LogP contribution in [0, 0.1) is 0 Å². The first-order chi connectivity index (χ1) is 10.4. The van der Waals surface area contributed by atoms with Crippen LogP contribution in [0.5, 0.6) is 0 Å². The van der Waals surface area contributed by atoms with Gasteiger partial charge in [0.2, 0.25) is 0 Å². The van der Waals surface area contributed by atoms with Gasteiger partial charge in [-0.3, -0.25) is 4.18 Å². The average molecular weight is 361 g/mol. The molecule has 0 N–H and O–H groups in total. The highest BCUT2D eigenvalue weighted by atomic mass is 32.2. The molecule has 0 spiro atoms. The third-order valence-electron chi connectivity index (χ3n) is 2.18. The quantitative estimate of drug-likeness (QED) is 0.173. The maximum absolute atomic E-state index is 11.5. The molecule has 9 heteroatoms. The van der Waals surface area contributed by atoms with Crippen molar-refractivity contribution >= 4 is 45.1 Å². The lowest BCUT2D eigenvalue weighted by molar-refractivity contribution is -0.138. The van der Waals surface area contributed by atoms with Gasteiger partial charge in [-0.05, 0) is 20.3 Å². The van der Waals surface area contributed by atoms with E-state index in [0.29, 0.717) is 0 Å². The second-order valence-corrected chi connectivity index (χ2v) is 5.89. The molecule has 0 atom stereocenters. The van der Waals surface area contributed by atoms with Crippen LogP contribution in [0.15, 0.2) is 24.3 Å². The largest absolute Gasteiger partial charge is 0.463 e. The van der Waals surface area contributed by atoms with Crippen LogP contribution in [-0.2, 0) is 33.4 Å². The Hall–Kier alpha value is -0.904. The third-order valence-corrected chi connectivity index (χ3v) is 3.50. The fourth-order valence-corrected chi connectivity index (χ4v) is 2.21. The molecule has 0 rings (SSSR count). The molecular formula is C14H24MgO7S. The van der Waals surface area contributed by atoms with Gasteiger partial charge in [0.15, 0.2) is 0 Å². The summed E-state index contributed by atoms with van der Waals surface area (Å²) in [5, 5.41) is 0. The molecule has 0 aromatic rings. The normalized spacial score (nSPS) is 11.4. The first-order valence-corrected chi connectivity index (χ1v) is 8.45. The summed E-state index contributed by atoms with van der Waals surface area (Å²) in [7, 11) is -3.67. The highest BCUT2D eigenvalue weighted by Gasteiger charge is 2.11. The van der Waals surface area contributed by atoms with Gasteiger partial charge in [-0.1, -0.05) is 12.2 Å². The van der Waals surface area contributed by atoms with Gasteiger partial charge >= 0.3 is 35.0 Å². The molecule has 130 valence electrons. The fraction of sp³-hybridized carbons (Fsp3) is 0.571. The number of rotatable bonds is 11. The molecule has 0 fully saturated rings. The van der Waals surface area contributed by atoms with Crippen molar-refractivity contribution in [3.05, 3.63) is 24.3 Å². The summed E-state index contributed by atoms with van der Waals surface area (Å²) in [4.78, 5) is 21.9. The van der Waals surface area contributed by atoms with Crippen LogP contribution in [0.1, 0.15) is 26.7 Å². The lowest BCUT2D eigenvalue weighted by atomic mass is 10.5. The summed E-state index contributed by atoms with van der Waals surface area (Å²) in [6.07, 6.45) is 6.03. The SMILES string of the molecule is CC=CC(=O)OCCCOS(=O)(=O)CCCOC(=O)C=CC.[MgH2]. The van der Waals surface area contributed by atoms with E-state index in [-0.39, 0.29) is 61.5 Å². The molecule has 23 heavy (non-hydrogen) atoms. The Morgan fingerprint density at radius 2 is 1.35 bits per heavy atom. The molecule has 0 aliphatic rings. The van der Waals surface area contributed by atoms with E-state index >= 15 is 0 Å². The van der Waals surface area contributed by atoms with Crippen molar-refractivity contribution in [2.75, 3.05) is 25.6 Å². The molecule has 0 aliphatic heterocycles. The molecule has 7 nitrogen and oxygen atoms in total. The van der Waals surface area contributed by atoms with Crippen molar-refractivity contribution in [2.24, 2.45) is 0 Å². The molecule has 0 aromatic carbocycles. The molecular weight excluding hydrogens is 337 g/mol. The van der Waals surface area contributed by atoms with E-state index < -0.39 is 22.1 Å². The molecule has 0 saturated carbocycles. The Bertz CT molecular complexity index is 497. The van der Waals surface area contributed by atoms with Crippen molar-refractivity contribution in [3.63, 3.8) is 0 Å². The van der Waals surface area contributed by atoms with Crippen LogP contribution < -0.4 is 0 Å². The van der Waals surface area contributed by atoms with Gasteiger partial charge in [-0.15, -0.1) is 0 Å². The summed E-state index contributed by atoms with van der Waals surface area (Å²) >= 11 is 0. The zero-order valence-corrected chi connectivity index (χ0v) is 13.6. The molecule has 0 radical (unpaired) electrons. The minimum absolute atomic E-state index is 0. The van der Waals surface area contributed by atoms with Crippen molar-refractivity contribution in [2.45, 2.75) is 26.7 Å².